The molecule has 2 aliphatic rings. The molecule has 2 N–H and O–H groups in total. The van der Waals surface area contributed by atoms with Gasteiger partial charge in [0.1, 0.15) is 0 Å². The molecule has 0 saturated heterocycles. The summed E-state index contributed by atoms with van der Waals surface area (Å²) in [6.07, 6.45) is 5.61. The molecule has 1 aromatic rings. The fraction of sp³-hybridized carbons (Fsp3) is 0.667. The Labute approximate surface area is 167 Å². The van der Waals surface area contributed by atoms with Gasteiger partial charge in [-0.1, -0.05) is 13.0 Å². The second-order valence-electron chi connectivity index (χ2n) is 7.65. The molecule has 7 heteroatoms. The fourth-order valence-corrected chi connectivity index (χ4v) is 4.16. The zero-order valence-electron chi connectivity index (χ0n) is 16.9. The molecule has 0 unspecified atom stereocenters. The number of carbonyl (C=O) groups excluding carboxylic acids is 2. The average molecular weight is 389 g/mol. The molecule has 3 rings (SSSR count). The van der Waals surface area contributed by atoms with Crippen LogP contribution in [0.4, 0.5) is 4.79 Å². The predicted octanol–water partition coefficient (Wildman–Crippen LogP) is 2.25. The monoisotopic (exact) mass is 388 g/mol. The van der Waals surface area contributed by atoms with Crippen LogP contribution in [-0.2, 0) is 22.5 Å². The number of amides is 3. The molecule has 1 aliphatic carbocycles. The summed E-state index contributed by atoms with van der Waals surface area (Å²) in [5, 5.41) is 5.80. The maximum Gasteiger partial charge on any atom is 0.315 e. The van der Waals surface area contributed by atoms with Gasteiger partial charge in [0.05, 0.1) is 12.1 Å². The summed E-state index contributed by atoms with van der Waals surface area (Å²) in [6, 6.07) is 3.78. The lowest BCUT2D eigenvalue weighted by molar-refractivity contribution is -0.140. The van der Waals surface area contributed by atoms with Gasteiger partial charge < -0.3 is 20.3 Å². The minimum absolute atomic E-state index is 0.0477. The van der Waals surface area contributed by atoms with Crippen LogP contribution >= 0.6 is 0 Å². The normalized spacial score (nSPS) is 24.4. The molecule has 154 valence electrons. The Morgan fingerprint density at radius 2 is 2.18 bits per heavy atom. The number of ether oxygens (including phenoxy) is 1. The fourth-order valence-electron chi connectivity index (χ4n) is 4.16. The molecular weight excluding hydrogens is 356 g/mol. The zero-order valence-corrected chi connectivity index (χ0v) is 16.9. The van der Waals surface area contributed by atoms with E-state index in [4.69, 9.17) is 4.74 Å². The highest BCUT2D eigenvalue weighted by atomic mass is 16.5. The lowest BCUT2D eigenvalue weighted by Gasteiger charge is -2.38. The van der Waals surface area contributed by atoms with Crippen molar-refractivity contribution in [2.45, 2.75) is 64.6 Å². The third kappa shape index (κ3) is 5.01. The van der Waals surface area contributed by atoms with Gasteiger partial charge in [0.25, 0.3) is 0 Å². The molecule has 3 atom stereocenters. The molecule has 0 spiro atoms. The Balaban J connectivity index is 1.61. The van der Waals surface area contributed by atoms with Gasteiger partial charge in [-0.25, -0.2) is 4.79 Å². The first-order valence-electron chi connectivity index (χ1n) is 10.5. The van der Waals surface area contributed by atoms with Crippen molar-refractivity contribution >= 4 is 11.9 Å². The van der Waals surface area contributed by atoms with E-state index in [1.165, 1.54) is 0 Å². The van der Waals surface area contributed by atoms with Crippen LogP contribution in [-0.4, -0.2) is 53.7 Å². The molecule has 3 amide bonds. The van der Waals surface area contributed by atoms with Crippen molar-refractivity contribution in [2.75, 3.05) is 19.7 Å². The Hall–Kier alpha value is -2.15. The van der Waals surface area contributed by atoms with Gasteiger partial charge >= 0.3 is 6.03 Å². The number of aromatic nitrogens is 1. The van der Waals surface area contributed by atoms with Crippen LogP contribution in [0.5, 0.6) is 0 Å². The average Bonchev–Trinajstić information content (AvgIpc) is 2.72. The topological polar surface area (TPSA) is 83.6 Å². The molecule has 1 aromatic heterocycles. The molecule has 0 radical (unpaired) electrons. The van der Waals surface area contributed by atoms with E-state index in [0.717, 1.165) is 43.5 Å². The number of hydrogen-bond acceptors (Lipinski definition) is 4. The quantitative estimate of drug-likeness (QED) is 0.783. The Kier molecular flexibility index (Phi) is 7.25. The summed E-state index contributed by atoms with van der Waals surface area (Å²) in [5.74, 6) is 0.156. The van der Waals surface area contributed by atoms with Gasteiger partial charge in [0.2, 0.25) is 5.91 Å². The third-order valence-corrected chi connectivity index (χ3v) is 5.61. The maximum absolute atomic E-state index is 13.2. The van der Waals surface area contributed by atoms with E-state index in [-0.39, 0.29) is 30.0 Å². The number of hydrogen-bond donors (Lipinski definition) is 2. The SMILES string of the molecule is CCCO[C@@H]1C[C@@H](C(=O)N2CCc3ncccc3C2)CC[C@H]1NC(=O)NCC. The van der Waals surface area contributed by atoms with E-state index in [0.29, 0.717) is 26.1 Å². The van der Waals surface area contributed by atoms with Crippen molar-refractivity contribution in [3.8, 4) is 0 Å². The molecule has 28 heavy (non-hydrogen) atoms. The highest BCUT2D eigenvalue weighted by Crippen LogP contribution is 2.30. The number of nitrogens with one attached hydrogen (secondary N) is 2. The first-order valence-corrected chi connectivity index (χ1v) is 10.5. The van der Waals surface area contributed by atoms with Crippen molar-refractivity contribution in [2.24, 2.45) is 5.92 Å². The standard InChI is InChI=1S/C21H32N4O3/c1-3-12-28-19-13-15(7-8-18(19)24-21(27)22-4-2)20(26)25-11-9-17-16(14-25)6-5-10-23-17/h5-6,10,15,18-19H,3-4,7-9,11-14H2,1-2H3,(H2,22,24,27)/t15-,18+,19+/m0/s1. The number of carbonyl (C=O) groups is 2. The Morgan fingerprint density at radius 1 is 1.32 bits per heavy atom. The molecule has 1 saturated carbocycles. The van der Waals surface area contributed by atoms with Crippen LogP contribution in [0.2, 0.25) is 0 Å². The highest BCUT2D eigenvalue weighted by molar-refractivity contribution is 5.79. The summed E-state index contributed by atoms with van der Waals surface area (Å²) in [5.41, 5.74) is 2.25. The van der Waals surface area contributed by atoms with E-state index in [1.54, 1.807) is 0 Å². The van der Waals surface area contributed by atoms with E-state index in [9.17, 15) is 9.59 Å². The number of pyridine rings is 1. The molecule has 1 aliphatic heterocycles. The van der Waals surface area contributed by atoms with Crippen LogP contribution in [0, 0.1) is 5.92 Å². The largest absolute Gasteiger partial charge is 0.376 e. The lowest BCUT2D eigenvalue weighted by atomic mass is 9.82. The molecule has 0 bridgehead atoms. The summed E-state index contributed by atoms with van der Waals surface area (Å²) in [6.45, 7) is 6.55. The van der Waals surface area contributed by atoms with Crippen molar-refractivity contribution in [1.29, 1.82) is 0 Å². The van der Waals surface area contributed by atoms with Gasteiger partial charge in [-0.2, -0.15) is 0 Å². The lowest BCUT2D eigenvalue weighted by Crippen LogP contribution is -2.53. The van der Waals surface area contributed by atoms with Gasteiger partial charge in [0.15, 0.2) is 0 Å². The number of fused-ring (bicyclic) bond motifs is 1. The molecule has 7 nitrogen and oxygen atoms in total. The summed E-state index contributed by atoms with van der Waals surface area (Å²) >= 11 is 0. The second kappa shape index (κ2) is 9.87. The van der Waals surface area contributed by atoms with Gasteiger partial charge in [0, 0.05) is 50.5 Å². The van der Waals surface area contributed by atoms with E-state index >= 15 is 0 Å². The van der Waals surface area contributed by atoms with E-state index in [2.05, 4.69) is 28.6 Å². The zero-order chi connectivity index (χ0) is 19.9. The van der Waals surface area contributed by atoms with Crippen LogP contribution < -0.4 is 10.6 Å². The molecule has 1 fully saturated rings. The summed E-state index contributed by atoms with van der Waals surface area (Å²) in [4.78, 5) is 31.5. The Bertz CT molecular complexity index is 681. The van der Waals surface area contributed by atoms with E-state index in [1.807, 2.05) is 24.1 Å². The molecule has 2 heterocycles. The molecular formula is C21H32N4O3. The van der Waals surface area contributed by atoms with Gasteiger partial charge in [-0.05, 0) is 44.2 Å². The van der Waals surface area contributed by atoms with Crippen LogP contribution in [0.25, 0.3) is 0 Å². The first-order chi connectivity index (χ1) is 13.6. The molecule has 0 aromatic carbocycles. The predicted molar refractivity (Wildman–Crippen MR) is 107 cm³/mol. The van der Waals surface area contributed by atoms with Crippen LogP contribution in [0.15, 0.2) is 18.3 Å². The van der Waals surface area contributed by atoms with E-state index < -0.39 is 0 Å². The minimum Gasteiger partial charge on any atom is -0.376 e. The van der Waals surface area contributed by atoms with Crippen molar-refractivity contribution in [3.63, 3.8) is 0 Å². The second-order valence-corrected chi connectivity index (χ2v) is 7.65. The number of urea groups is 1. The van der Waals surface area contributed by atoms with Crippen molar-refractivity contribution < 1.29 is 14.3 Å². The van der Waals surface area contributed by atoms with Gasteiger partial charge in [-0.3, -0.25) is 9.78 Å². The summed E-state index contributed by atoms with van der Waals surface area (Å²) in [7, 11) is 0. The van der Waals surface area contributed by atoms with Crippen LogP contribution in [0.1, 0.15) is 50.8 Å². The highest BCUT2D eigenvalue weighted by Gasteiger charge is 2.37. The minimum atomic E-state index is -0.164. The smallest absolute Gasteiger partial charge is 0.315 e. The maximum atomic E-state index is 13.2. The van der Waals surface area contributed by atoms with Gasteiger partial charge in [-0.15, -0.1) is 0 Å². The number of rotatable bonds is 6. The third-order valence-electron chi connectivity index (χ3n) is 5.61. The first kappa shape index (κ1) is 20.6. The van der Waals surface area contributed by atoms with Crippen LogP contribution in [0.3, 0.4) is 0 Å². The van der Waals surface area contributed by atoms with Crippen molar-refractivity contribution in [3.05, 3.63) is 29.6 Å². The Morgan fingerprint density at radius 3 is 2.96 bits per heavy atom. The summed E-state index contributed by atoms with van der Waals surface area (Å²) < 4.78 is 6.02. The van der Waals surface area contributed by atoms with Crippen molar-refractivity contribution in [1.82, 2.24) is 20.5 Å². The number of nitrogens with zero attached hydrogens (tertiary/aromatic N) is 2.